The summed E-state index contributed by atoms with van der Waals surface area (Å²) in [6.45, 7) is 2.88. The highest BCUT2D eigenvalue weighted by atomic mass is 19.4. The first-order chi connectivity index (χ1) is 18.7. The number of carbonyl (C=O) groups is 2. The summed E-state index contributed by atoms with van der Waals surface area (Å²) in [6, 6.07) is 7.97. The van der Waals surface area contributed by atoms with Crippen molar-refractivity contribution in [3.8, 4) is 11.1 Å². The number of aliphatic hydroxyl groups excluding tert-OH is 1. The number of carbonyl (C=O) groups excluding carboxylic acids is 2. The molecule has 0 bridgehead atoms. The molecule has 39 heavy (non-hydrogen) atoms. The van der Waals surface area contributed by atoms with E-state index in [-0.39, 0.29) is 36.5 Å². The lowest BCUT2D eigenvalue weighted by Gasteiger charge is -2.37. The molecule has 5 rings (SSSR count). The average Bonchev–Trinajstić information content (AvgIpc) is 3.18. The van der Waals surface area contributed by atoms with Gasteiger partial charge in [0.2, 0.25) is 5.91 Å². The maximum atomic E-state index is 13.2. The van der Waals surface area contributed by atoms with Gasteiger partial charge in [-0.25, -0.2) is 4.98 Å². The number of amides is 2. The molecule has 0 radical (unpaired) electrons. The summed E-state index contributed by atoms with van der Waals surface area (Å²) in [6.07, 6.45) is 0.0411. The van der Waals surface area contributed by atoms with Crippen LogP contribution in [0.1, 0.15) is 45.8 Å². The molecule has 1 fully saturated rings. The van der Waals surface area contributed by atoms with Gasteiger partial charge in [-0.3, -0.25) is 19.5 Å². The van der Waals surface area contributed by atoms with Gasteiger partial charge in [0.1, 0.15) is 5.82 Å². The molecule has 0 saturated carbocycles. The number of pyridine rings is 2. The minimum atomic E-state index is -4.61. The highest BCUT2D eigenvalue weighted by Gasteiger charge is 2.41. The number of alkyl halides is 3. The van der Waals surface area contributed by atoms with Crippen LogP contribution in [0.3, 0.4) is 0 Å². The van der Waals surface area contributed by atoms with Crippen LogP contribution in [-0.4, -0.2) is 53.3 Å². The number of nitrogens with one attached hydrogen (secondary N) is 1. The standard InChI is InChI=1S/C28H27F3N4O4/c1-16-2-3-20(34-26(37)18-10-19(15-32-13-18)28(29,30)31)12-23(16)17-11-24-21-4-8-39-9-5-22(21)27(38)35(6-7-36)25(24)33-14-17/h2-3,10-15,21-22,36H,4-9H2,1H3,(H,34,37)/t21-,22-/m0/s1. The highest BCUT2D eigenvalue weighted by molar-refractivity contribution is 6.04. The van der Waals surface area contributed by atoms with Crippen LogP contribution in [0.4, 0.5) is 24.7 Å². The fourth-order valence-corrected chi connectivity index (χ4v) is 5.27. The topological polar surface area (TPSA) is 105 Å². The zero-order valence-corrected chi connectivity index (χ0v) is 21.2. The van der Waals surface area contributed by atoms with Gasteiger partial charge in [-0.1, -0.05) is 6.07 Å². The van der Waals surface area contributed by atoms with Gasteiger partial charge < -0.3 is 15.2 Å². The van der Waals surface area contributed by atoms with Crippen LogP contribution in [0.15, 0.2) is 48.9 Å². The lowest BCUT2D eigenvalue weighted by Crippen LogP contribution is -2.45. The van der Waals surface area contributed by atoms with Crippen LogP contribution in [0.25, 0.3) is 11.1 Å². The van der Waals surface area contributed by atoms with Crippen LogP contribution >= 0.6 is 0 Å². The van der Waals surface area contributed by atoms with Gasteiger partial charge in [0.25, 0.3) is 5.91 Å². The molecule has 2 amide bonds. The second-order valence-electron chi connectivity index (χ2n) is 9.70. The molecule has 2 aliphatic heterocycles. The van der Waals surface area contributed by atoms with Gasteiger partial charge in [-0.15, -0.1) is 0 Å². The number of fused-ring (bicyclic) bond motifs is 3. The van der Waals surface area contributed by atoms with Crippen LogP contribution in [0.2, 0.25) is 0 Å². The number of β-amino-alcohol motifs (C(OH)–C–C–N with tert-alkyl or cyclic N) is 1. The molecule has 0 unspecified atom stereocenters. The van der Waals surface area contributed by atoms with E-state index in [4.69, 9.17) is 4.74 Å². The third kappa shape index (κ3) is 5.37. The van der Waals surface area contributed by atoms with Crippen molar-refractivity contribution in [2.24, 2.45) is 5.92 Å². The molecule has 2 atom stereocenters. The predicted octanol–water partition coefficient (Wildman–Crippen LogP) is 4.57. The van der Waals surface area contributed by atoms with Crippen molar-refractivity contribution in [2.75, 3.05) is 36.6 Å². The number of hydrogen-bond acceptors (Lipinski definition) is 6. The monoisotopic (exact) mass is 540 g/mol. The molecule has 11 heteroatoms. The van der Waals surface area contributed by atoms with Crippen molar-refractivity contribution < 1.29 is 32.6 Å². The molecular weight excluding hydrogens is 513 g/mol. The third-order valence-corrected chi connectivity index (χ3v) is 7.22. The van der Waals surface area contributed by atoms with Gasteiger partial charge in [-0.05, 0) is 60.7 Å². The molecule has 2 aliphatic rings. The van der Waals surface area contributed by atoms with E-state index in [0.29, 0.717) is 43.8 Å². The largest absolute Gasteiger partial charge is 0.417 e. The second kappa shape index (κ2) is 10.7. The van der Waals surface area contributed by atoms with Crippen molar-refractivity contribution in [1.82, 2.24) is 9.97 Å². The van der Waals surface area contributed by atoms with Gasteiger partial charge in [-0.2, -0.15) is 13.2 Å². The van der Waals surface area contributed by atoms with Gasteiger partial charge >= 0.3 is 6.18 Å². The zero-order valence-electron chi connectivity index (χ0n) is 21.2. The molecule has 2 aromatic heterocycles. The first-order valence-electron chi connectivity index (χ1n) is 12.6. The number of halogens is 3. The number of nitrogens with zero attached hydrogens (tertiary/aromatic N) is 3. The Hall–Kier alpha value is -3.83. The number of aromatic nitrogens is 2. The Labute approximate surface area is 222 Å². The van der Waals surface area contributed by atoms with Gasteiger partial charge in [0.15, 0.2) is 0 Å². The Morgan fingerprint density at radius 2 is 1.90 bits per heavy atom. The lowest BCUT2D eigenvalue weighted by atomic mass is 9.78. The highest BCUT2D eigenvalue weighted by Crippen LogP contribution is 2.44. The van der Waals surface area contributed by atoms with Crippen molar-refractivity contribution in [2.45, 2.75) is 31.9 Å². The summed E-state index contributed by atoms with van der Waals surface area (Å²) < 4.78 is 44.8. The second-order valence-corrected chi connectivity index (χ2v) is 9.70. The number of aliphatic hydroxyl groups is 1. The van der Waals surface area contributed by atoms with Gasteiger partial charge in [0.05, 0.1) is 24.3 Å². The molecule has 3 aromatic rings. The van der Waals surface area contributed by atoms with Crippen LogP contribution in [0, 0.1) is 12.8 Å². The summed E-state index contributed by atoms with van der Waals surface area (Å²) in [4.78, 5) is 35.7. The molecule has 8 nitrogen and oxygen atoms in total. The van der Waals surface area contributed by atoms with E-state index in [1.165, 1.54) is 4.90 Å². The maximum absolute atomic E-state index is 13.2. The van der Waals surface area contributed by atoms with Crippen LogP contribution < -0.4 is 10.2 Å². The summed E-state index contributed by atoms with van der Waals surface area (Å²) in [7, 11) is 0. The summed E-state index contributed by atoms with van der Waals surface area (Å²) in [5.74, 6) is -0.589. The van der Waals surface area contributed by atoms with E-state index in [1.54, 1.807) is 24.4 Å². The van der Waals surface area contributed by atoms with Crippen molar-refractivity contribution >= 4 is 23.3 Å². The number of rotatable bonds is 5. The summed E-state index contributed by atoms with van der Waals surface area (Å²) in [5.41, 5.74) is 2.53. The minimum Gasteiger partial charge on any atom is -0.395 e. The van der Waals surface area contributed by atoms with E-state index < -0.39 is 17.6 Å². The normalized spacial score (nSPS) is 19.2. The first kappa shape index (κ1) is 26.8. The zero-order chi connectivity index (χ0) is 27.7. The number of ether oxygens (including phenoxy) is 1. The molecule has 1 aromatic carbocycles. The van der Waals surface area contributed by atoms with E-state index >= 15 is 0 Å². The molecule has 0 spiro atoms. The quantitative estimate of drug-likeness (QED) is 0.491. The van der Waals surface area contributed by atoms with E-state index in [0.717, 1.165) is 34.5 Å². The Kier molecular flexibility index (Phi) is 7.37. The fraction of sp³-hybridized carbons (Fsp3) is 0.357. The van der Waals surface area contributed by atoms with E-state index in [2.05, 4.69) is 15.3 Å². The predicted molar refractivity (Wildman–Crippen MR) is 137 cm³/mol. The Bertz CT molecular complexity index is 1410. The molecule has 0 aliphatic carbocycles. The smallest absolute Gasteiger partial charge is 0.395 e. The van der Waals surface area contributed by atoms with Crippen molar-refractivity contribution in [3.05, 3.63) is 71.2 Å². The fourth-order valence-electron chi connectivity index (χ4n) is 5.27. The number of anilines is 2. The van der Waals surface area contributed by atoms with Crippen LogP contribution in [0.5, 0.6) is 0 Å². The number of aryl methyl sites for hydroxylation is 1. The SMILES string of the molecule is Cc1ccc(NC(=O)c2cncc(C(F)(F)F)c2)cc1-c1cnc2c(c1)[C@H]1CCOCC[C@@H]1C(=O)N2CCO. The Morgan fingerprint density at radius 3 is 2.64 bits per heavy atom. The number of hydrogen-bond donors (Lipinski definition) is 2. The molecular formula is C28H27F3N4O4. The summed E-state index contributed by atoms with van der Waals surface area (Å²) in [5, 5.41) is 12.2. The third-order valence-electron chi connectivity index (χ3n) is 7.22. The minimum absolute atomic E-state index is 0.0581. The van der Waals surface area contributed by atoms with Crippen molar-refractivity contribution in [3.63, 3.8) is 0 Å². The van der Waals surface area contributed by atoms with Crippen molar-refractivity contribution in [1.29, 1.82) is 0 Å². The number of benzene rings is 1. The van der Waals surface area contributed by atoms with Crippen LogP contribution in [-0.2, 0) is 15.7 Å². The first-order valence-corrected chi connectivity index (χ1v) is 12.6. The average molecular weight is 541 g/mol. The maximum Gasteiger partial charge on any atom is 0.417 e. The Balaban J connectivity index is 1.48. The lowest BCUT2D eigenvalue weighted by molar-refractivity contribution is -0.137. The summed E-state index contributed by atoms with van der Waals surface area (Å²) >= 11 is 0. The molecule has 204 valence electrons. The molecule has 2 N–H and O–H groups in total. The van der Waals surface area contributed by atoms with Gasteiger partial charge in [0, 0.05) is 54.9 Å². The van der Waals surface area contributed by atoms with E-state index in [9.17, 15) is 27.9 Å². The Morgan fingerprint density at radius 1 is 1.13 bits per heavy atom. The molecule has 4 heterocycles. The molecule has 1 saturated heterocycles. The van der Waals surface area contributed by atoms with E-state index in [1.807, 2.05) is 13.0 Å².